The first kappa shape index (κ1) is 33.1. The van der Waals surface area contributed by atoms with Gasteiger partial charge >= 0.3 is 35.6 Å². The van der Waals surface area contributed by atoms with Crippen LogP contribution in [0, 0.1) is 0 Å². The molecule has 2 aromatic heterocycles. The van der Waals surface area contributed by atoms with Crippen molar-refractivity contribution in [3.8, 4) is 44.9 Å². The topological polar surface area (TPSA) is 26.3 Å². The Bertz CT molecular complexity index is 2500. The van der Waals surface area contributed by atoms with Crippen LogP contribution in [0.1, 0.15) is 0 Å². The number of fused-ring (bicyclic) bond motifs is 4. The van der Waals surface area contributed by atoms with Crippen molar-refractivity contribution in [2.24, 2.45) is 0 Å². The van der Waals surface area contributed by atoms with Gasteiger partial charge < -0.3 is 8.83 Å². The Morgan fingerprint density at radius 2 is 0.765 bits per heavy atom. The van der Waals surface area contributed by atoms with Crippen molar-refractivity contribution in [3.63, 3.8) is 0 Å². The molecule has 0 N–H and O–H groups in total. The molecule has 5 heteroatoms. The molecule has 2 nitrogen and oxygen atoms in total. The van der Waals surface area contributed by atoms with Crippen LogP contribution < -0.4 is 0 Å². The Morgan fingerprint density at radius 3 is 1.18 bits per heavy atom. The molecule has 246 valence electrons. The van der Waals surface area contributed by atoms with Gasteiger partial charge in [-0.25, -0.2) is 0 Å². The molecule has 0 unspecified atom stereocenters. The number of hydrogen-bond donors (Lipinski definition) is 0. The van der Waals surface area contributed by atoms with Gasteiger partial charge in [0.25, 0.3) is 0 Å². The van der Waals surface area contributed by atoms with Crippen LogP contribution in [0.15, 0.2) is 191 Å². The zero-order valence-corrected chi connectivity index (χ0v) is 30.5. The molecular weight excluding hydrogens is 703 g/mol. The van der Waals surface area contributed by atoms with E-state index in [1.54, 1.807) is 12.5 Å². The van der Waals surface area contributed by atoms with Crippen LogP contribution >= 0.6 is 18.6 Å². The summed E-state index contributed by atoms with van der Waals surface area (Å²) in [4.78, 5) is 0. The third kappa shape index (κ3) is 6.72. The Balaban J connectivity index is 0.000000136. The molecular formula is C46H30Cl2O2Ti-2. The minimum atomic E-state index is -0.556. The van der Waals surface area contributed by atoms with Crippen LogP contribution in [0.25, 0.3) is 88.0 Å². The Labute approximate surface area is 312 Å². The SMILES string of the molecule is [Cl][Ti][Cl].c1coc(-c2cc3c(-c4cccc5ccccc45)cccc3[cH-]2)c1.c1coc(-c2cc3c(-c4cccc5ccccc45)cccc3[cH-]2)c1. The summed E-state index contributed by atoms with van der Waals surface area (Å²) in [5, 5.41) is 10.1. The van der Waals surface area contributed by atoms with Crippen molar-refractivity contribution in [2.45, 2.75) is 0 Å². The Kier molecular flexibility index (Phi) is 9.75. The summed E-state index contributed by atoms with van der Waals surface area (Å²) >= 11 is -0.556. The molecule has 0 amide bonds. The van der Waals surface area contributed by atoms with E-state index in [0.717, 1.165) is 22.6 Å². The van der Waals surface area contributed by atoms with Gasteiger partial charge in [-0.15, -0.1) is 57.9 Å². The van der Waals surface area contributed by atoms with Crippen LogP contribution in [0.4, 0.5) is 0 Å². The fraction of sp³-hybridized carbons (Fsp3) is 0. The molecule has 8 aromatic carbocycles. The second-order valence-electron chi connectivity index (χ2n) is 12.2. The van der Waals surface area contributed by atoms with Crippen molar-refractivity contribution < 1.29 is 25.9 Å². The molecule has 10 rings (SSSR count). The second kappa shape index (κ2) is 15.0. The molecule has 10 aromatic rings. The van der Waals surface area contributed by atoms with E-state index in [0.29, 0.717) is 0 Å². The monoisotopic (exact) mass is 732 g/mol. The number of hydrogen-bond acceptors (Lipinski definition) is 2. The standard InChI is InChI=1S/2C23H15O.2ClH.Ti/c2*1-2-9-19-16(6-1)7-3-10-20(19)21-11-4-8-17-14-18(15-22(17)21)23-12-5-13-24-23;;;/h2*1-15H;2*1H;/q2*-1;;;+2/p-2. The summed E-state index contributed by atoms with van der Waals surface area (Å²) in [6, 6.07) is 59.8. The molecule has 0 atom stereocenters. The van der Waals surface area contributed by atoms with E-state index in [1.165, 1.54) is 65.3 Å². The minimum Gasteiger partial charge on any atom is -0.499 e. The maximum atomic E-state index is 5.56. The molecule has 0 aliphatic rings. The maximum Gasteiger partial charge on any atom is 0.0796 e. The zero-order chi connectivity index (χ0) is 34.6. The van der Waals surface area contributed by atoms with E-state index in [-0.39, 0.29) is 0 Å². The molecule has 0 fully saturated rings. The van der Waals surface area contributed by atoms with E-state index < -0.39 is 17.0 Å². The molecule has 2 heterocycles. The molecule has 0 radical (unpaired) electrons. The third-order valence-electron chi connectivity index (χ3n) is 9.27. The van der Waals surface area contributed by atoms with Crippen molar-refractivity contribution >= 4 is 61.7 Å². The number of halogens is 2. The van der Waals surface area contributed by atoms with Gasteiger partial charge in [-0.1, -0.05) is 144 Å². The van der Waals surface area contributed by atoms with Crippen LogP contribution in [0.3, 0.4) is 0 Å². The predicted octanol–water partition coefficient (Wildman–Crippen LogP) is 14.7. The zero-order valence-electron chi connectivity index (χ0n) is 27.4. The van der Waals surface area contributed by atoms with Gasteiger partial charge in [0, 0.05) is 0 Å². The fourth-order valence-corrected chi connectivity index (χ4v) is 7.03. The quantitative estimate of drug-likeness (QED) is 0.133. The van der Waals surface area contributed by atoms with Crippen molar-refractivity contribution in [2.75, 3.05) is 0 Å². The van der Waals surface area contributed by atoms with Gasteiger partial charge in [-0.2, -0.15) is 0 Å². The number of rotatable bonds is 4. The van der Waals surface area contributed by atoms with E-state index >= 15 is 0 Å². The van der Waals surface area contributed by atoms with Gasteiger partial charge in [0.05, 0.1) is 24.0 Å². The van der Waals surface area contributed by atoms with E-state index in [4.69, 9.17) is 27.4 Å². The van der Waals surface area contributed by atoms with Crippen molar-refractivity contribution in [3.05, 3.63) is 182 Å². The predicted molar refractivity (Wildman–Crippen MR) is 212 cm³/mol. The number of benzene rings is 6. The molecule has 0 bridgehead atoms. The molecule has 0 aliphatic heterocycles. The first-order valence-electron chi connectivity index (χ1n) is 16.6. The van der Waals surface area contributed by atoms with Gasteiger partial charge in [-0.3, -0.25) is 0 Å². The van der Waals surface area contributed by atoms with Crippen LogP contribution in [0.5, 0.6) is 0 Å². The summed E-state index contributed by atoms with van der Waals surface area (Å²) in [6.07, 6.45) is 3.44. The number of furan rings is 2. The Morgan fingerprint density at radius 1 is 0.392 bits per heavy atom. The van der Waals surface area contributed by atoms with Gasteiger partial charge in [-0.05, 0) is 44.8 Å². The first-order chi connectivity index (χ1) is 25.2. The van der Waals surface area contributed by atoms with Gasteiger partial charge in [0.15, 0.2) is 0 Å². The van der Waals surface area contributed by atoms with E-state index in [1.807, 2.05) is 24.3 Å². The molecule has 0 spiro atoms. The first-order valence-corrected chi connectivity index (χ1v) is 20.9. The summed E-state index contributed by atoms with van der Waals surface area (Å²) in [6.45, 7) is 0. The summed E-state index contributed by atoms with van der Waals surface area (Å²) in [5.41, 5.74) is 7.33. The van der Waals surface area contributed by atoms with Crippen LogP contribution in [-0.2, 0) is 17.0 Å². The average molecular weight is 734 g/mol. The molecule has 51 heavy (non-hydrogen) atoms. The van der Waals surface area contributed by atoms with Crippen LogP contribution in [0.2, 0.25) is 0 Å². The Hall–Kier alpha value is -5.09. The van der Waals surface area contributed by atoms with Gasteiger partial charge in [0.2, 0.25) is 0 Å². The van der Waals surface area contributed by atoms with Crippen LogP contribution in [-0.4, -0.2) is 0 Å². The largest absolute Gasteiger partial charge is 0.499 e. The summed E-state index contributed by atoms with van der Waals surface area (Å²) < 4.78 is 11.1. The summed E-state index contributed by atoms with van der Waals surface area (Å²) in [5.74, 6) is 1.82. The van der Waals surface area contributed by atoms with Crippen molar-refractivity contribution in [1.29, 1.82) is 0 Å². The van der Waals surface area contributed by atoms with Gasteiger partial charge in [0.1, 0.15) is 0 Å². The average Bonchev–Trinajstić information content (AvgIpc) is 4.01. The third-order valence-corrected chi connectivity index (χ3v) is 9.27. The summed E-state index contributed by atoms with van der Waals surface area (Å²) in [7, 11) is 9.78. The van der Waals surface area contributed by atoms with E-state index in [2.05, 4.69) is 146 Å². The second-order valence-corrected chi connectivity index (χ2v) is 14.8. The fourth-order valence-electron chi connectivity index (χ4n) is 7.03. The van der Waals surface area contributed by atoms with Crippen molar-refractivity contribution in [1.82, 2.24) is 0 Å². The van der Waals surface area contributed by atoms with E-state index in [9.17, 15) is 0 Å². The minimum absolute atomic E-state index is 0.556. The molecule has 0 saturated heterocycles. The normalized spacial score (nSPS) is 10.9. The molecule has 0 saturated carbocycles. The molecule has 0 aliphatic carbocycles. The maximum absolute atomic E-state index is 5.56. The smallest absolute Gasteiger partial charge is 0.0796 e.